The molecule has 0 amide bonds. The standard InChI is InChI=1S/C14H18N2O3S/c1-2-14-16-12-8-10(5-6-13(12)19-14)15-11-4-3-7-20(17,18)9-11/h5-6,8,11,15H,2-4,7,9H2,1H3. The van der Waals surface area contributed by atoms with E-state index in [2.05, 4.69) is 10.3 Å². The lowest BCUT2D eigenvalue weighted by Gasteiger charge is -2.23. The predicted octanol–water partition coefficient (Wildman–Crippen LogP) is 2.38. The van der Waals surface area contributed by atoms with Gasteiger partial charge >= 0.3 is 0 Å². The molecule has 6 heteroatoms. The van der Waals surface area contributed by atoms with Gasteiger partial charge in [0.05, 0.1) is 11.5 Å². The third kappa shape index (κ3) is 2.80. The quantitative estimate of drug-likeness (QED) is 0.941. The Balaban J connectivity index is 1.80. The van der Waals surface area contributed by atoms with E-state index in [9.17, 15) is 8.42 Å². The molecule has 1 N–H and O–H groups in total. The van der Waals surface area contributed by atoms with Crippen molar-refractivity contribution in [1.82, 2.24) is 4.98 Å². The molecule has 1 aromatic carbocycles. The fourth-order valence-electron chi connectivity index (χ4n) is 2.59. The monoisotopic (exact) mass is 294 g/mol. The summed E-state index contributed by atoms with van der Waals surface area (Å²) in [6.45, 7) is 2.00. The molecule has 1 aromatic heterocycles. The van der Waals surface area contributed by atoms with Gasteiger partial charge in [0, 0.05) is 18.2 Å². The Kier molecular flexibility index (Phi) is 3.41. The molecule has 0 spiro atoms. The van der Waals surface area contributed by atoms with Crippen molar-refractivity contribution < 1.29 is 12.8 Å². The molecular weight excluding hydrogens is 276 g/mol. The van der Waals surface area contributed by atoms with Crippen LogP contribution in [0.25, 0.3) is 11.1 Å². The third-order valence-electron chi connectivity index (χ3n) is 3.57. The van der Waals surface area contributed by atoms with E-state index in [1.54, 1.807) is 0 Å². The molecule has 0 radical (unpaired) electrons. The first-order valence-electron chi connectivity index (χ1n) is 6.92. The number of nitrogens with zero attached hydrogens (tertiary/aromatic N) is 1. The van der Waals surface area contributed by atoms with Crippen LogP contribution in [0, 0.1) is 0 Å². The minimum atomic E-state index is -2.89. The second kappa shape index (κ2) is 5.09. The molecule has 1 aliphatic rings. The molecule has 1 saturated heterocycles. The van der Waals surface area contributed by atoms with Gasteiger partial charge in [0.15, 0.2) is 21.3 Å². The molecule has 0 saturated carbocycles. The zero-order chi connectivity index (χ0) is 14.2. The molecule has 0 bridgehead atoms. The minimum absolute atomic E-state index is 0.0104. The number of anilines is 1. The Bertz CT molecular complexity index is 721. The van der Waals surface area contributed by atoms with Gasteiger partial charge < -0.3 is 9.73 Å². The highest BCUT2D eigenvalue weighted by molar-refractivity contribution is 7.91. The van der Waals surface area contributed by atoms with Gasteiger partial charge in [-0.3, -0.25) is 0 Å². The van der Waals surface area contributed by atoms with Crippen LogP contribution >= 0.6 is 0 Å². The zero-order valence-electron chi connectivity index (χ0n) is 11.4. The first kappa shape index (κ1) is 13.4. The summed E-state index contributed by atoms with van der Waals surface area (Å²) in [6, 6.07) is 5.69. The van der Waals surface area contributed by atoms with Crippen LogP contribution in [0.3, 0.4) is 0 Å². The number of aromatic nitrogens is 1. The SMILES string of the molecule is CCc1nc2cc(NC3CCCS(=O)(=O)C3)ccc2o1. The molecule has 2 aromatic rings. The van der Waals surface area contributed by atoms with E-state index in [0.29, 0.717) is 5.75 Å². The molecule has 1 atom stereocenters. The summed E-state index contributed by atoms with van der Waals surface area (Å²) >= 11 is 0. The van der Waals surface area contributed by atoms with Gasteiger partial charge in [-0.2, -0.15) is 0 Å². The summed E-state index contributed by atoms with van der Waals surface area (Å²) < 4.78 is 28.8. The van der Waals surface area contributed by atoms with Crippen LogP contribution in [0.5, 0.6) is 0 Å². The average Bonchev–Trinajstić information content (AvgIpc) is 2.79. The Morgan fingerprint density at radius 2 is 2.30 bits per heavy atom. The van der Waals surface area contributed by atoms with Gasteiger partial charge in [0.1, 0.15) is 5.52 Å². The molecular formula is C14H18N2O3S. The summed E-state index contributed by atoms with van der Waals surface area (Å²) in [4.78, 5) is 4.39. The fraction of sp³-hybridized carbons (Fsp3) is 0.500. The maximum Gasteiger partial charge on any atom is 0.195 e. The van der Waals surface area contributed by atoms with E-state index < -0.39 is 9.84 Å². The second-order valence-electron chi connectivity index (χ2n) is 5.24. The maximum absolute atomic E-state index is 11.6. The summed E-state index contributed by atoms with van der Waals surface area (Å²) in [5.41, 5.74) is 2.48. The summed E-state index contributed by atoms with van der Waals surface area (Å²) in [6.07, 6.45) is 2.38. The molecule has 108 valence electrons. The molecule has 3 rings (SSSR count). The number of sulfone groups is 1. The van der Waals surface area contributed by atoms with Crippen LogP contribution in [-0.4, -0.2) is 30.9 Å². The second-order valence-corrected chi connectivity index (χ2v) is 7.47. The Morgan fingerprint density at radius 1 is 1.45 bits per heavy atom. The van der Waals surface area contributed by atoms with Gasteiger partial charge in [-0.25, -0.2) is 13.4 Å². The van der Waals surface area contributed by atoms with Crippen molar-refractivity contribution in [2.75, 3.05) is 16.8 Å². The lowest BCUT2D eigenvalue weighted by atomic mass is 10.1. The average molecular weight is 294 g/mol. The largest absolute Gasteiger partial charge is 0.441 e. The number of benzene rings is 1. The first-order valence-corrected chi connectivity index (χ1v) is 8.74. The van der Waals surface area contributed by atoms with Crippen molar-refractivity contribution in [2.24, 2.45) is 0 Å². The van der Waals surface area contributed by atoms with Crippen LogP contribution in [-0.2, 0) is 16.3 Å². The zero-order valence-corrected chi connectivity index (χ0v) is 12.2. The normalized spacial score (nSPS) is 21.9. The van der Waals surface area contributed by atoms with E-state index in [4.69, 9.17) is 4.42 Å². The van der Waals surface area contributed by atoms with Crippen LogP contribution in [0.4, 0.5) is 5.69 Å². The molecule has 1 unspecified atom stereocenters. The topological polar surface area (TPSA) is 72.2 Å². The Hall–Kier alpha value is -1.56. The van der Waals surface area contributed by atoms with Gasteiger partial charge in [-0.15, -0.1) is 0 Å². The van der Waals surface area contributed by atoms with Crippen LogP contribution in [0.15, 0.2) is 22.6 Å². The van der Waals surface area contributed by atoms with Crippen LogP contribution in [0.2, 0.25) is 0 Å². The number of hydrogen-bond acceptors (Lipinski definition) is 5. The highest BCUT2D eigenvalue weighted by atomic mass is 32.2. The lowest BCUT2D eigenvalue weighted by molar-refractivity contribution is 0.538. The van der Waals surface area contributed by atoms with E-state index in [1.807, 2.05) is 25.1 Å². The molecule has 1 fully saturated rings. The molecule has 1 aliphatic heterocycles. The maximum atomic E-state index is 11.6. The molecule has 2 heterocycles. The number of oxazole rings is 1. The van der Waals surface area contributed by atoms with Crippen molar-refractivity contribution in [3.8, 4) is 0 Å². The first-order chi connectivity index (χ1) is 9.55. The van der Waals surface area contributed by atoms with Crippen LogP contribution in [0.1, 0.15) is 25.7 Å². The van der Waals surface area contributed by atoms with Crippen molar-refractivity contribution in [1.29, 1.82) is 0 Å². The number of rotatable bonds is 3. The lowest BCUT2D eigenvalue weighted by Crippen LogP contribution is -2.34. The number of aryl methyl sites for hydroxylation is 1. The minimum Gasteiger partial charge on any atom is -0.441 e. The van der Waals surface area contributed by atoms with E-state index in [-0.39, 0.29) is 11.8 Å². The van der Waals surface area contributed by atoms with Crippen molar-refractivity contribution in [3.63, 3.8) is 0 Å². The van der Waals surface area contributed by atoms with Gasteiger partial charge in [-0.05, 0) is 31.0 Å². The number of nitrogens with one attached hydrogen (secondary N) is 1. The molecule has 0 aliphatic carbocycles. The predicted molar refractivity (Wildman–Crippen MR) is 78.7 cm³/mol. The highest BCUT2D eigenvalue weighted by Gasteiger charge is 2.24. The summed E-state index contributed by atoms with van der Waals surface area (Å²) in [5, 5.41) is 3.30. The van der Waals surface area contributed by atoms with Crippen LogP contribution < -0.4 is 5.32 Å². The van der Waals surface area contributed by atoms with E-state index in [0.717, 1.165) is 41.9 Å². The summed E-state index contributed by atoms with van der Waals surface area (Å²) in [7, 11) is -2.89. The van der Waals surface area contributed by atoms with Gasteiger partial charge in [0.25, 0.3) is 0 Å². The van der Waals surface area contributed by atoms with E-state index in [1.165, 1.54) is 0 Å². The van der Waals surface area contributed by atoms with Crippen molar-refractivity contribution >= 4 is 26.6 Å². The van der Waals surface area contributed by atoms with Gasteiger partial charge in [0.2, 0.25) is 0 Å². The molecule has 5 nitrogen and oxygen atoms in total. The van der Waals surface area contributed by atoms with E-state index >= 15 is 0 Å². The van der Waals surface area contributed by atoms with Crippen molar-refractivity contribution in [3.05, 3.63) is 24.1 Å². The smallest absolute Gasteiger partial charge is 0.195 e. The van der Waals surface area contributed by atoms with Crippen molar-refractivity contribution in [2.45, 2.75) is 32.2 Å². The summed E-state index contributed by atoms with van der Waals surface area (Å²) in [5.74, 6) is 1.25. The fourth-order valence-corrected chi connectivity index (χ4v) is 4.22. The number of hydrogen-bond donors (Lipinski definition) is 1. The Morgan fingerprint density at radius 3 is 3.05 bits per heavy atom. The van der Waals surface area contributed by atoms with Gasteiger partial charge in [-0.1, -0.05) is 6.92 Å². The Labute approximate surface area is 118 Å². The third-order valence-corrected chi connectivity index (χ3v) is 5.39. The number of fused-ring (bicyclic) bond motifs is 1. The highest BCUT2D eigenvalue weighted by Crippen LogP contribution is 2.23. The molecule has 20 heavy (non-hydrogen) atoms.